The van der Waals surface area contributed by atoms with Crippen LogP contribution in [0.2, 0.25) is 5.02 Å². The summed E-state index contributed by atoms with van der Waals surface area (Å²) in [6.45, 7) is 0. The van der Waals surface area contributed by atoms with Crippen LogP contribution in [0.15, 0.2) is 76.5 Å². The minimum absolute atomic E-state index is 0.0334. The molecule has 0 radical (unpaired) electrons. The zero-order valence-electron chi connectivity index (χ0n) is 15.8. The zero-order valence-corrected chi connectivity index (χ0v) is 18.2. The lowest BCUT2D eigenvalue weighted by molar-refractivity contribution is 0.102. The van der Waals surface area contributed by atoms with E-state index in [1.807, 2.05) is 30.3 Å². The van der Waals surface area contributed by atoms with Crippen LogP contribution in [0.25, 0.3) is 0 Å². The summed E-state index contributed by atoms with van der Waals surface area (Å²) in [6.07, 6.45) is 1.40. The highest BCUT2D eigenvalue weighted by Gasteiger charge is 2.23. The van der Waals surface area contributed by atoms with Crippen LogP contribution in [0.4, 0.5) is 10.1 Å². The number of anilines is 1. The molecule has 3 aromatic carbocycles. The second kappa shape index (κ2) is 9.83. The summed E-state index contributed by atoms with van der Waals surface area (Å²) in [7, 11) is -4.22. The molecule has 0 aliphatic carbocycles. The van der Waals surface area contributed by atoms with Crippen LogP contribution >= 0.6 is 23.4 Å². The molecular weight excluding hydrogens is 461 g/mol. The minimum Gasteiger partial charge on any atom is -0.322 e. The molecule has 3 rings (SSSR count). The lowest BCUT2D eigenvalue weighted by atomic mass is 10.2. The van der Waals surface area contributed by atoms with Crippen molar-refractivity contribution >= 4 is 45.0 Å². The zero-order chi connectivity index (χ0) is 22.4. The highest BCUT2D eigenvalue weighted by molar-refractivity contribution is 7.99. The molecule has 0 saturated heterocycles. The Morgan fingerprint density at radius 3 is 2.42 bits per heavy atom. The summed E-state index contributed by atoms with van der Waals surface area (Å²) < 4.78 is 40.0. The summed E-state index contributed by atoms with van der Waals surface area (Å²) in [5, 5.41) is 11.4. The van der Waals surface area contributed by atoms with Gasteiger partial charge in [-0.3, -0.25) is 4.79 Å². The third-order valence-corrected chi connectivity index (χ3v) is 6.93. The fraction of sp³-hybridized carbons (Fsp3) is 0.0476. The van der Waals surface area contributed by atoms with Gasteiger partial charge in [-0.05, 0) is 42.0 Å². The molecule has 0 spiro atoms. The van der Waals surface area contributed by atoms with E-state index in [0.717, 1.165) is 11.6 Å². The first-order valence-corrected chi connectivity index (χ1v) is 11.6. The number of benzene rings is 3. The molecular formula is C21H15ClFN3O3S2. The second-order valence-electron chi connectivity index (χ2n) is 6.23. The molecule has 0 atom stereocenters. The highest BCUT2D eigenvalue weighted by atomic mass is 35.5. The summed E-state index contributed by atoms with van der Waals surface area (Å²) >= 11 is 7.49. The number of hydrogen-bond donors (Lipinski definition) is 2. The third-order valence-electron chi connectivity index (χ3n) is 4.09. The summed E-state index contributed by atoms with van der Waals surface area (Å²) in [5.41, 5.74) is 1.16. The number of carbonyl (C=O) groups excluding carboxylic acids is 1. The number of sulfonamides is 1. The quantitative estimate of drug-likeness (QED) is 0.291. The van der Waals surface area contributed by atoms with Crippen molar-refractivity contribution in [3.63, 3.8) is 0 Å². The Morgan fingerprint density at radius 2 is 1.77 bits per heavy atom. The molecule has 3 aromatic rings. The lowest BCUT2D eigenvalue weighted by Crippen LogP contribution is -2.20. The first kappa shape index (κ1) is 22.6. The molecule has 0 aromatic heterocycles. The maximum absolute atomic E-state index is 13.1. The Labute approximate surface area is 188 Å². The number of hydrogen-bond acceptors (Lipinski definition) is 5. The fourth-order valence-electron chi connectivity index (χ4n) is 2.61. The normalized spacial score (nSPS) is 10.9. The van der Waals surface area contributed by atoms with E-state index >= 15 is 0 Å². The van der Waals surface area contributed by atoms with Gasteiger partial charge in [-0.15, -0.1) is 11.8 Å². The predicted molar refractivity (Wildman–Crippen MR) is 118 cm³/mol. The van der Waals surface area contributed by atoms with Crippen molar-refractivity contribution < 1.29 is 17.6 Å². The number of nitriles is 1. The van der Waals surface area contributed by atoms with Gasteiger partial charge in [0.25, 0.3) is 15.9 Å². The standard InChI is InChI=1S/C21H15ClFN3O3S2/c22-18-11-19(30-12-14-4-2-1-3-5-14)20(31(28,29)25-13-24)10-17(18)21(27)26-16-8-6-15(23)7-9-16/h1-11,25H,12H2,(H,26,27). The monoisotopic (exact) mass is 475 g/mol. The van der Waals surface area contributed by atoms with Gasteiger partial charge in [-0.1, -0.05) is 41.9 Å². The SMILES string of the molecule is N#CNS(=O)(=O)c1cc(C(=O)Nc2ccc(F)cc2)c(Cl)cc1SCc1ccccc1. The van der Waals surface area contributed by atoms with E-state index in [4.69, 9.17) is 16.9 Å². The van der Waals surface area contributed by atoms with Crippen molar-refractivity contribution in [2.75, 3.05) is 5.32 Å². The van der Waals surface area contributed by atoms with E-state index in [0.29, 0.717) is 11.4 Å². The Balaban J connectivity index is 1.96. The summed E-state index contributed by atoms with van der Waals surface area (Å²) in [5.74, 6) is -0.690. The number of nitrogens with zero attached hydrogens (tertiary/aromatic N) is 1. The first-order chi connectivity index (χ1) is 14.8. The molecule has 10 heteroatoms. The summed E-state index contributed by atoms with van der Waals surface area (Å²) in [6, 6.07) is 16.9. The van der Waals surface area contributed by atoms with E-state index in [1.54, 1.807) is 4.72 Å². The van der Waals surface area contributed by atoms with Gasteiger partial charge in [0.05, 0.1) is 10.6 Å². The van der Waals surface area contributed by atoms with Crippen molar-refractivity contribution in [3.05, 3.63) is 88.7 Å². The average molecular weight is 476 g/mol. The van der Waals surface area contributed by atoms with Crippen molar-refractivity contribution in [1.29, 1.82) is 5.26 Å². The van der Waals surface area contributed by atoms with E-state index in [2.05, 4.69) is 5.32 Å². The summed E-state index contributed by atoms with van der Waals surface area (Å²) in [4.78, 5) is 12.7. The van der Waals surface area contributed by atoms with Crippen molar-refractivity contribution in [2.24, 2.45) is 0 Å². The van der Waals surface area contributed by atoms with Gasteiger partial charge in [-0.25, -0.2) is 17.5 Å². The lowest BCUT2D eigenvalue weighted by Gasteiger charge is -2.13. The Hall–Kier alpha value is -3.06. The van der Waals surface area contributed by atoms with Crippen molar-refractivity contribution in [2.45, 2.75) is 15.5 Å². The smallest absolute Gasteiger partial charge is 0.271 e. The van der Waals surface area contributed by atoms with Crippen LogP contribution in [0.1, 0.15) is 15.9 Å². The Bertz CT molecular complexity index is 1250. The molecule has 31 heavy (non-hydrogen) atoms. The highest BCUT2D eigenvalue weighted by Crippen LogP contribution is 2.34. The van der Waals surface area contributed by atoms with E-state index in [9.17, 15) is 17.6 Å². The topological polar surface area (TPSA) is 99.1 Å². The molecule has 1 amide bonds. The van der Waals surface area contributed by atoms with Gasteiger partial charge in [-0.2, -0.15) is 5.26 Å². The molecule has 0 saturated carbocycles. The van der Waals surface area contributed by atoms with Crippen molar-refractivity contribution in [3.8, 4) is 6.19 Å². The van der Waals surface area contributed by atoms with Gasteiger partial charge < -0.3 is 5.32 Å². The van der Waals surface area contributed by atoms with Crippen LogP contribution in [-0.4, -0.2) is 14.3 Å². The maximum Gasteiger partial charge on any atom is 0.271 e. The largest absolute Gasteiger partial charge is 0.322 e. The number of halogens is 2. The average Bonchev–Trinajstić information content (AvgIpc) is 2.74. The number of nitrogens with one attached hydrogen (secondary N) is 2. The molecule has 0 heterocycles. The number of amides is 1. The van der Waals surface area contributed by atoms with Gasteiger partial charge in [0.1, 0.15) is 10.7 Å². The first-order valence-electron chi connectivity index (χ1n) is 8.78. The Kier molecular flexibility index (Phi) is 7.17. The number of rotatable bonds is 7. The third kappa shape index (κ3) is 5.76. The predicted octanol–water partition coefficient (Wildman–Crippen LogP) is 4.78. The van der Waals surface area contributed by atoms with E-state index < -0.39 is 21.7 Å². The van der Waals surface area contributed by atoms with Gasteiger partial charge in [0.2, 0.25) is 0 Å². The second-order valence-corrected chi connectivity index (χ2v) is 9.31. The molecule has 0 aliphatic heterocycles. The van der Waals surface area contributed by atoms with Crippen LogP contribution in [0, 0.1) is 17.3 Å². The van der Waals surface area contributed by atoms with Gasteiger partial charge >= 0.3 is 0 Å². The number of thioether (sulfide) groups is 1. The molecule has 0 fully saturated rings. The Morgan fingerprint density at radius 1 is 1.10 bits per heavy atom. The van der Waals surface area contributed by atoms with Crippen LogP contribution in [-0.2, 0) is 15.8 Å². The van der Waals surface area contributed by atoms with Crippen LogP contribution < -0.4 is 10.0 Å². The molecule has 2 N–H and O–H groups in total. The van der Waals surface area contributed by atoms with E-state index in [1.165, 1.54) is 48.3 Å². The molecule has 0 aliphatic rings. The molecule has 6 nitrogen and oxygen atoms in total. The molecule has 158 valence electrons. The molecule has 0 bridgehead atoms. The van der Waals surface area contributed by atoms with Gasteiger partial charge in [0.15, 0.2) is 6.19 Å². The van der Waals surface area contributed by atoms with Crippen LogP contribution in [0.5, 0.6) is 0 Å². The number of carbonyl (C=O) groups is 1. The minimum atomic E-state index is -4.22. The van der Waals surface area contributed by atoms with Crippen LogP contribution in [0.3, 0.4) is 0 Å². The van der Waals surface area contributed by atoms with Crippen molar-refractivity contribution in [1.82, 2.24) is 4.72 Å². The fourth-order valence-corrected chi connectivity index (χ4v) is 5.18. The van der Waals surface area contributed by atoms with E-state index in [-0.39, 0.29) is 20.4 Å². The molecule has 0 unspecified atom stereocenters. The maximum atomic E-state index is 13.1. The van der Waals surface area contributed by atoms with Gasteiger partial charge in [0, 0.05) is 16.3 Å².